The van der Waals surface area contributed by atoms with Gasteiger partial charge in [-0.1, -0.05) is 13.8 Å². The van der Waals surface area contributed by atoms with E-state index in [9.17, 15) is 4.79 Å². The fourth-order valence-electron chi connectivity index (χ4n) is 10.3. The van der Waals surface area contributed by atoms with E-state index in [4.69, 9.17) is 0 Å². The van der Waals surface area contributed by atoms with Crippen LogP contribution >= 0.6 is 0 Å². The zero-order valence-corrected chi connectivity index (χ0v) is 16.2. The molecule has 138 valence electrons. The Balaban J connectivity index is 1.29. The molecule has 8 fully saturated rings. The summed E-state index contributed by atoms with van der Waals surface area (Å²) in [6, 6.07) is 0. The highest BCUT2D eigenvalue weighted by Gasteiger charge is 2.62. The number of hydrogen-bond donors (Lipinski definition) is 1. The lowest BCUT2D eigenvalue weighted by Crippen LogP contribution is -2.67. The molecule has 8 saturated carbocycles. The molecule has 25 heavy (non-hydrogen) atoms. The first-order chi connectivity index (χ1) is 11.8. The van der Waals surface area contributed by atoms with Gasteiger partial charge < -0.3 is 5.32 Å². The number of rotatable bonds is 2. The van der Waals surface area contributed by atoms with Crippen LogP contribution in [0.3, 0.4) is 0 Å². The fraction of sp³-hybridized carbons (Fsp3) is 0.957. The van der Waals surface area contributed by atoms with Crippen LogP contribution in [0, 0.1) is 39.9 Å². The summed E-state index contributed by atoms with van der Waals surface area (Å²) in [7, 11) is 0. The van der Waals surface area contributed by atoms with Crippen molar-refractivity contribution in [2.75, 3.05) is 0 Å². The summed E-state index contributed by atoms with van der Waals surface area (Å²) < 4.78 is 0. The van der Waals surface area contributed by atoms with Crippen LogP contribution in [0.1, 0.15) is 90.9 Å². The Morgan fingerprint density at radius 2 is 1.24 bits per heavy atom. The molecule has 0 aliphatic heterocycles. The van der Waals surface area contributed by atoms with Crippen molar-refractivity contribution in [3.63, 3.8) is 0 Å². The molecule has 2 nitrogen and oxygen atoms in total. The lowest BCUT2D eigenvalue weighted by atomic mass is 9.42. The normalized spacial score (nSPS) is 60.9. The van der Waals surface area contributed by atoms with Crippen molar-refractivity contribution in [3.8, 4) is 0 Å². The fourth-order valence-corrected chi connectivity index (χ4v) is 10.3. The number of carbonyl (C=O) groups is 1. The van der Waals surface area contributed by atoms with Crippen molar-refractivity contribution < 1.29 is 4.79 Å². The Bertz CT molecular complexity index is 583. The second kappa shape index (κ2) is 4.47. The predicted molar refractivity (Wildman–Crippen MR) is 98.9 cm³/mol. The van der Waals surface area contributed by atoms with Crippen molar-refractivity contribution in [1.29, 1.82) is 0 Å². The molecule has 8 aliphatic rings. The maximum Gasteiger partial charge on any atom is 0.226 e. The predicted octanol–water partition coefficient (Wildman–Crippen LogP) is 5.07. The van der Waals surface area contributed by atoms with Gasteiger partial charge in [-0.3, -0.25) is 4.79 Å². The minimum atomic E-state index is 0.0277. The quantitative estimate of drug-likeness (QED) is 0.746. The van der Waals surface area contributed by atoms with E-state index in [-0.39, 0.29) is 11.0 Å². The molecule has 0 heterocycles. The molecule has 8 bridgehead atoms. The SMILES string of the molecule is CC12CC3CC(C)(C1)CC(NC(=O)C14CC5CC(CC(C5)C1)C4)(C3)C2. The lowest BCUT2D eigenvalue weighted by molar-refractivity contribution is -0.159. The molecular weight excluding hydrogens is 306 g/mol. The molecule has 8 aliphatic carbocycles. The average molecular weight is 342 g/mol. The number of amides is 1. The molecule has 8 rings (SSSR count). The van der Waals surface area contributed by atoms with Crippen molar-refractivity contribution in [2.24, 2.45) is 39.9 Å². The van der Waals surface area contributed by atoms with E-state index in [1.165, 1.54) is 77.0 Å². The highest BCUT2D eigenvalue weighted by molar-refractivity contribution is 5.84. The second-order valence-electron chi connectivity index (χ2n) is 12.6. The van der Waals surface area contributed by atoms with Crippen molar-refractivity contribution in [1.82, 2.24) is 5.32 Å². The first-order valence-electron chi connectivity index (χ1n) is 11.1. The molecule has 2 atom stereocenters. The Morgan fingerprint density at radius 3 is 1.72 bits per heavy atom. The second-order valence-corrected chi connectivity index (χ2v) is 12.6. The molecule has 1 N–H and O–H groups in total. The van der Waals surface area contributed by atoms with Gasteiger partial charge in [-0.15, -0.1) is 0 Å². The summed E-state index contributed by atoms with van der Waals surface area (Å²) in [5.41, 5.74) is 1.15. The van der Waals surface area contributed by atoms with Gasteiger partial charge in [-0.05, 0) is 112 Å². The third-order valence-corrected chi connectivity index (χ3v) is 9.52. The van der Waals surface area contributed by atoms with Gasteiger partial charge in [0, 0.05) is 11.0 Å². The van der Waals surface area contributed by atoms with Gasteiger partial charge in [-0.25, -0.2) is 0 Å². The van der Waals surface area contributed by atoms with Gasteiger partial charge in [0.2, 0.25) is 5.91 Å². The number of carbonyl (C=O) groups excluding carboxylic acids is 1. The highest BCUT2D eigenvalue weighted by Crippen LogP contribution is 2.67. The Kier molecular flexibility index (Phi) is 2.78. The van der Waals surface area contributed by atoms with Crippen LogP contribution in [0.2, 0.25) is 0 Å². The molecule has 0 saturated heterocycles. The summed E-state index contributed by atoms with van der Waals surface area (Å²) in [6.07, 6.45) is 15.9. The van der Waals surface area contributed by atoms with E-state index in [2.05, 4.69) is 19.2 Å². The van der Waals surface area contributed by atoms with Crippen LogP contribution in [-0.4, -0.2) is 11.4 Å². The average Bonchev–Trinajstić information content (AvgIpc) is 2.40. The van der Waals surface area contributed by atoms with E-state index in [0.717, 1.165) is 23.7 Å². The molecule has 0 aromatic heterocycles. The molecule has 1 amide bonds. The maximum absolute atomic E-state index is 13.7. The zero-order chi connectivity index (χ0) is 17.1. The third kappa shape index (κ3) is 2.18. The largest absolute Gasteiger partial charge is 0.350 e. The monoisotopic (exact) mass is 341 g/mol. The van der Waals surface area contributed by atoms with Crippen LogP contribution in [0.15, 0.2) is 0 Å². The summed E-state index contributed by atoms with van der Waals surface area (Å²) in [4.78, 5) is 13.7. The Hall–Kier alpha value is -0.530. The van der Waals surface area contributed by atoms with Gasteiger partial charge >= 0.3 is 0 Å². The molecule has 0 radical (unpaired) electrons. The van der Waals surface area contributed by atoms with Gasteiger partial charge in [-0.2, -0.15) is 0 Å². The van der Waals surface area contributed by atoms with E-state index < -0.39 is 0 Å². The van der Waals surface area contributed by atoms with Gasteiger partial charge in [0.25, 0.3) is 0 Å². The molecule has 2 heteroatoms. The standard InChI is InChI=1S/C23H35NO/c1-20-6-18-7-21(2,12-20)14-23(11-18,13-20)24-19(25)22-8-15-3-16(9-22)5-17(4-15)10-22/h15-18H,3-14H2,1-2H3,(H,24,25). The third-order valence-electron chi connectivity index (χ3n) is 9.52. The number of nitrogens with one attached hydrogen (secondary N) is 1. The smallest absolute Gasteiger partial charge is 0.226 e. The summed E-state index contributed by atoms with van der Waals surface area (Å²) in [5, 5.41) is 3.79. The Morgan fingerprint density at radius 1 is 0.720 bits per heavy atom. The van der Waals surface area contributed by atoms with Crippen molar-refractivity contribution in [3.05, 3.63) is 0 Å². The van der Waals surface area contributed by atoms with Crippen molar-refractivity contribution >= 4 is 5.91 Å². The minimum Gasteiger partial charge on any atom is -0.350 e. The Labute approximate surface area is 152 Å². The van der Waals surface area contributed by atoms with Gasteiger partial charge in [0.15, 0.2) is 0 Å². The first-order valence-corrected chi connectivity index (χ1v) is 11.1. The van der Waals surface area contributed by atoms with E-state index in [1.807, 2.05) is 0 Å². The van der Waals surface area contributed by atoms with Gasteiger partial charge in [0.05, 0.1) is 0 Å². The van der Waals surface area contributed by atoms with Crippen molar-refractivity contribution in [2.45, 2.75) is 96.4 Å². The minimum absolute atomic E-state index is 0.0277. The topological polar surface area (TPSA) is 29.1 Å². The maximum atomic E-state index is 13.7. The van der Waals surface area contributed by atoms with Crippen LogP contribution in [0.4, 0.5) is 0 Å². The lowest BCUT2D eigenvalue weighted by Gasteiger charge is -2.66. The summed E-state index contributed by atoms with van der Waals surface area (Å²) in [6.45, 7) is 5.03. The van der Waals surface area contributed by atoms with Crippen LogP contribution in [0.25, 0.3) is 0 Å². The molecule has 0 aromatic carbocycles. The molecule has 0 spiro atoms. The first kappa shape index (κ1) is 15.5. The summed E-state index contributed by atoms with van der Waals surface area (Å²) in [5.74, 6) is 3.94. The van der Waals surface area contributed by atoms with E-state index >= 15 is 0 Å². The van der Waals surface area contributed by atoms with E-state index in [1.54, 1.807) is 0 Å². The van der Waals surface area contributed by atoms with Crippen LogP contribution in [0.5, 0.6) is 0 Å². The summed E-state index contributed by atoms with van der Waals surface area (Å²) >= 11 is 0. The highest BCUT2D eigenvalue weighted by atomic mass is 16.2. The van der Waals surface area contributed by atoms with Crippen LogP contribution < -0.4 is 5.32 Å². The van der Waals surface area contributed by atoms with Crippen LogP contribution in [-0.2, 0) is 4.79 Å². The number of hydrogen-bond acceptors (Lipinski definition) is 1. The molecular formula is C23H35NO. The van der Waals surface area contributed by atoms with Gasteiger partial charge in [0.1, 0.15) is 0 Å². The van der Waals surface area contributed by atoms with E-state index in [0.29, 0.717) is 16.7 Å². The molecule has 2 unspecified atom stereocenters. The zero-order valence-electron chi connectivity index (χ0n) is 16.2. The molecule has 0 aromatic rings.